The zero-order valence-electron chi connectivity index (χ0n) is 12.9. The van der Waals surface area contributed by atoms with E-state index in [1.54, 1.807) is 18.9 Å². The highest BCUT2D eigenvalue weighted by molar-refractivity contribution is 7.99. The second-order valence-electron chi connectivity index (χ2n) is 5.03. The van der Waals surface area contributed by atoms with Crippen LogP contribution in [0.1, 0.15) is 13.3 Å². The second kappa shape index (κ2) is 8.36. The smallest absolute Gasteiger partial charge is 0.191 e. The fourth-order valence-corrected chi connectivity index (χ4v) is 3.02. The van der Waals surface area contributed by atoms with Gasteiger partial charge in [-0.2, -0.15) is 0 Å². The molecule has 0 radical (unpaired) electrons. The van der Waals surface area contributed by atoms with Crippen molar-refractivity contribution in [2.75, 3.05) is 19.5 Å². The van der Waals surface area contributed by atoms with E-state index in [0.29, 0.717) is 11.6 Å². The van der Waals surface area contributed by atoms with E-state index in [0.717, 1.165) is 40.8 Å². The maximum Gasteiger partial charge on any atom is 0.191 e. The minimum atomic E-state index is 0.680. The minimum absolute atomic E-state index is 0.680. The van der Waals surface area contributed by atoms with Crippen molar-refractivity contribution in [1.82, 2.24) is 14.8 Å². The highest BCUT2D eigenvalue weighted by atomic mass is 35.5. The molecule has 0 amide bonds. The molecule has 2 aromatic rings. The average molecular weight is 338 g/mol. The lowest BCUT2D eigenvalue weighted by Crippen LogP contribution is -2.05. The molecular weight excluding hydrogens is 318 g/mol. The van der Waals surface area contributed by atoms with Crippen LogP contribution in [0.5, 0.6) is 0 Å². The molecule has 0 spiro atoms. The molecule has 0 aliphatic rings. The third kappa shape index (κ3) is 4.35. The van der Waals surface area contributed by atoms with E-state index < -0.39 is 0 Å². The Balaban J connectivity index is 2.32. The maximum atomic E-state index is 6.30. The summed E-state index contributed by atoms with van der Waals surface area (Å²) in [5.41, 5.74) is 2.01. The fraction of sp³-hybridized carbons (Fsp3) is 0.375. The van der Waals surface area contributed by atoms with Crippen LogP contribution in [-0.4, -0.2) is 34.2 Å². The third-order valence-corrected chi connectivity index (χ3v) is 4.54. The number of aromatic nitrogens is 3. The van der Waals surface area contributed by atoms with Gasteiger partial charge in [-0.25, -0.2) is 0 Å². The molecule has 6 heteroatoms. The first-order valence-electron chi connectivity index (χ1n) is 7.07. The van der Waals surface area contributed by atoms with Crippen LogP contribution < -0.4 is 0 Å². The van der Waals surface area contributed by atoms with E-state index in [2.05, 4.69) is 21.3 Å². The molecule has 0 saturated heterocycles. The number of halogens is 1. The van der Waals surface area contributed by atoms with Gasteiger partial charge in [0.1, 0.15) is 0 Å². The molecule has 0 aliphatic carbocycles. The molecule has 0 saturated carbocycles. The summed E-state index contributed by atoms with van der Waals surface area (Å²) in [7, 11) is 1.71. The Kier molecular flexibility index (Phi) is 6.49. The number of thioether (sulfide) groups is 1. The van der Waals surface area contributed by atoms with E-state index >= 15 is 0 Å². The van der Waals surface area contributed by atoms with Gasteiger partial charge in [-0.05, 0) is 25.5 Å². The highest BCUT2D eigenvalue weighted by Crippen LogP contribution is 2.29. The van der Waals surface area contributed by atoms with Crippen LogP contribution in [0.3, 0.4) is 0 Å². The second-order valence-corrected chi connectivity index (χ2v) is 6.38. The fourth-order valence-electron chi connectivity index (χ4n) is 1.99. The summed E-state index contributed by atoms with van der Waals surface area (Å²) in [6.45, 7) is 7.43. The van der Waals surface area contributed by atoms with Gasteiger partial charge in [0.2, 0.25) is 0 Å². The summed E-state index contributed by atoms with van der Waals surface area (Å²) in [5, 5.41) is 10.2. The zero-order valence-corrected chi connectivity index (χ0v) is 14.5. The minimum Gasteiger partial charge on any atom is -0.385 e. The van der Waals surface area contributed by atoms with Crippen molar-refractivity contribution >= 4 is 23.4 Å². The van der Waals surface area contributed by atoms with E-state index in [-0.39, 0.29) is 0 Å². The number of nitrogens with zero attached hydrogens (tertiary/aromatic N) is 3. The summed E-state index contributed by atoms with van der Waals surface area (Å²) in [6, 6.07) is 7.70. The summed E-state index contributed by atoms with van der Waals surface area (Å²) < 4.78 is 7.25. The number of benzene rings is 1. The van der Waals surface area contributed by atoms with Crippen molar-refractivity contribution in [3.63, 3.8) is 0 Å². The van der Waals surface area contributed by atoms with Crippen LogP contribution in [0.15, 0.2) is 41.6 Å². The van der Waals surface area contributed by atoms with Crippen LogP contribution in [0.2, 0.25) is 5.02 Å². The molecule has 0 atom stereocenters. The molecule has 0 fully saturated rings. The van der Waals surface area contributed by atoms with Crippen molar-refractivity contribution in [2.45, 2.75) is 25.0 Å². The summed E-state index contributed by atoms with van der Waals surface area (Å²) in [5.74, 6) is 1.62. The number of hydrogen-bond donors (Lipinski definition) is 0. The Labute approximate surface area is 140 Å². The third-order valence-electron chi connectivity index (χ3n) is 3.01. The van der Waals surface area contributed by atoms with Gasteiger partial charge in [0.15, 0.2) is 11.0 Å². The molecule has 0 bridgehead atoms. The number of ether oxygens (including phenoxy) is 1. The molecule has 4 nitrogen and oxygen atoms in total. The van der Waals surface area contributed by atoms with Gasteiger partial charge < -0.3 is 9.30 Å². The van der Waals surface area contributed by atoms with Gasteiger partial charge in [0.25, 0.3) is 0 Å². The van der Waals surface area contributed by atoms with Gasteiger partial charge in [-0.1, -0.05) is 47.6 Å². The van der Waals surface area contributed by atoms with Gasteiger partial charge in [-0.15, -0.1) is 10.2 Å². The molecular formula is C16H20ClN3OS. The summed E-state index contributed by atoms with van der Waals surface area (Å²) in [6.07, 6.45) is 0.895. The molecule has 1 aromatic carbocycles. The Hall–Kier alpha value is -1.30. The van der Waals surface area contributed by atoms with Crippen LogP contribution in [0, 0.1) is 0 Å². The number of methoxy groups -OCH3 is 1. The average Bonchev–Trinajstić information content (AvgIpc) is 2.89. The van der Waals surface area contributed by atoms with Crippen molar-refractivity contribution in [3.8, 4) is 11.4 Å². The first-order valence-corrected chi connectivity index (χ1v) is 8.44. The predicted octanol–water partition coefficient (Wildman–Crippen LogP) is 4.30. The zero-order chi connectivity index (χ0) is 15.9. The van der Waals surface area contributed by atoms with Crippen molar-refractivity contribution in [1.29, 1.82) is 0 Å². The van der Waals surface area contributed by atoms with Crippen molar-refractivity contribution in [2.24, 2.45) is 0 Å². The monoisotopic (exact) mass is 337 g/mol. The molecule has 22 heavy (non-hydrogen) atoms. The van der Waals surface area contributed by atoms with Crippen molar-refractivity contribution < 1.29 is 4.74 Å². The van der Waals surface area contributed by atoms with Crippen LogP contribution in [0.25, 0.3) is 11.4 Å². The Bertz CT molecular complexity index is 642. The molecule has 0 N–H and O–H groups in total. The maximum absolute atomic E-state index is 6.30. The quantitative estimate of drug-likeness (QED) is 0.409. The molecule has 118 valence electrons. The first-order chi connectivity index (χ1) is 10.6. The molecule has 2 rings (SSSR count). The summed E-state index contributed by atoms with van der Waals surface area (Å²) >= 11 is 7.94. The van der Waals surface area contributed by atoms with E-state index in [1.807, 2.05) is 31.2 Å². The lowest BCUT2D eigenvalue weighted by Gasteiger charge is -2.10. The number of rotatable bonds is 8. The molecule has 1 aromatic heterocycles. The van der Waals surface area contributed by atoms with Gasteiger partial charge in [0, 0.05) is 31.6 Å². The molecule has 0 aliphatic heterocycles. The Morgan fingerprint density at radius 2 is 2.14 bits per heavy atom. The van der Waals surface area contributed by atoms with Gasteiger partial charge in [0.05, 0.1) is 5.02 Å². The van der Waals surface area contributed by atoms with E-state index in [9.17, 15) is 0 Å². The highest BCUT2D eigenvalue weighted by Gasteiger charge is 2.16. The lowest BCUT2D eigenvalue weighted by molar-refractivity contribution is 0.189. The normalized spacial score (nSPS) is 10.9. The number of hydrogen-bond acceptors (Lipinski definition) is 4. The van der Waals surface area contributed by atoms with Crippen LogP contribution >= 0.6 is 23.4 Å². The Morgan fingerprint density at radius 3 is 2.82 bits per heavy atom. The van der Waals surface area contributed by atoms with Gasteiger partial charge in [-0.3, -0.25) is 0 Å². The topological polar surface area (TPSA) is 39.9 Å². The van der Waals surface area contributed by atoms with Crippen LogP contribution in [-0.2, 0) is 11.3 Å². The Morgan fingerprint density at radius 1 is 1.36 bits per heavy atom. The summed E-state index contributed by atoms with van der Waals surface area (Å²) in [4.78, 5) is 0. The molecule has 0 unspecified atom stereocenters. The lowest BCUT2D eigenvalue weighted by atomic mass is 10.2. The van der Waals surface area contributed by atoms with E-state index in [1.165, 1.54) is 0 Å². The SMILES string of the molecule is C=C(C)CSc1nnc(-c2ccccc2Cl)n1CCCOC. The van der Waals surface area contributed by atoms with Crippen LogP contribution in [0.4, 0.5) is 0 Å². The van der Waals surface area contributed by atoms with Gasteiger partial charge >= 0.3 is 0 Å². The first kappa shape index (κ1) is 17.1. The standard InChI is InChI=1S/C16H20ClN3OS/c1-12(2)11-22-16-19-18-15(20(16)9-6-10-21-3)13-7-4-5-8-14(13)17/h4-5,7-8H,1,6,9-11H2,2-3H3. The van der Waals surface area contributed by atoms with E-state index in [4.69, 9.17) is 16.3 Å². The predicted molar refractivity (Wildman–Crippen MR) is 92.5 cm³/mol. The molecule has 1 heterocycles. The largest absolute Gasteiger partial charge is 0.385 e. The van der Waals surface area contributed by atoms with Crippen molar-refractivity contribution in [3.05, 3.63) is 41.4 Å².